The van der Waals surface area contributed by atoms with Crippen molar-refractivity contribution in [2.45, 2.75) is 26.1 Å². The summed E-state index contributed by atoms with van der Waals surface area (Å²) in [5, 5.41) is 35.2. The normalized spacial score (nSPS) is 10.9. The van der Waals surface area contributed by atoms with Crippen molar-refractivity contribution in [1.29, 1.82) is 0 Å². The first-order chi connectivity index (χ1) is 30.1. The summed E-state index contributed by atoms with van der Waals surface area (Å²) in [5.74, 6) is -3.44. The first-order valence-electron chi connectivity index (χ1n) is 18.1. The van der Waals surface area contributed by atoms with E-state index in [9.17, 15) is 45.6 Å². The number of sulfonamides is 1. The number of H-pyrrole nitrogens is 1. The highest BCUT2D eigenvalue weighted by atomic mass is 32.2. The van der Waals surface area contributed by atoms with Gasteiger partial charge in [-0.3, -0.25) is 14.6 Å². The number of carboxylic acid groups (broad SMARTS) is 4. The number of rotatable bonds is 15. The number of pyridine rings is 2. The van der Waals surface area contributed by atoms with Crippen molar-refractivity contribution < 1.29 is 80.1 Å². The molecule has 3 aromatic carbocycles. The zero-order chi connectivity index (χ0) is 48.0. The third kappa shape index (κ3) is 18.5. The summed E-state index contributed by atoms with van der Waals surface area (Å²) in [4.78, 5) is 60.1. The summed E-state index contributed by atoms with van der Waals surface area (Å²) >= 11 is 0. The molecule has 2 aromatic heterocycles. The van der Waals surface area contributed by atoms with Gasteiger partial charge in [-0.05, 0) is 67.0 Å². The van der Waals surface area contributed by atoms with E-state index in [0.29, 0.717) is 22.9 Å². The molecule has 0 atom stereocenters. The number of fused-ring (bicyclic) bond motifs is 1. The zero-order valence-electron chi connectivity index (χ0n) is 34.3. The number of nitrogens with zero attached hydrogens (tertiary/aromatic N) is 1. The number of hydrogen-bond acceptors (Lipinski definition) is 12. The lowest BCUT2D eigenvalue weighted by Crippen LogP contribution is -2.22. The number of hydrogen-bond donors (Lipinski definition) is 6. The first kappa shape index (κ1) is 52.4. The Morgan fingerprint density at radius 1 is 0.844 bits per heavy atom. The molecule has 0 bridgehead atoms. The number of methoxy groups -OCH3 is 3. The Hall–Kier alpha value is -7.72. The van der Waals surface area contributed by atoms with Crippen molar-refractivity contribution >= 4 is 57.0 Å². The number of carboxylic acids is 4. The molecule has 0 unspecified atom stereocenters. The second kappa shape index (κ2) is 25.3. The summed E-state index contributed by atoms with van der Waals surface area (Å²) in [5.41, 5.74) is 1.16. The lowest BCUT2D eigenvalue weighted by atomic mass is 10.1. The standard InChI is InChI=1S/C12H15NO4S.C11H6F3NO4.C10H11NO4.C9H10O3/c14-12(15)7-4-9-13-18(16,17)10-8-11-5-2-1-3-6-11;12-11(13,14)19-5-1-2-8-6(3-5)9(16)7(4-15-8)10(17)18;1-14-8-5-6-11-7(10(8)15-2)3-4-9(12)13;1-6-3-4-7(9(10)11)5-8(6)12-2/h1-3,5-6,8,10,13H,4,7,9H2,(H,14,15);1-4H,(H,15,16)(H,17,18);3-6H,1-2H3,(H,12,13);3-5H,1-2H3,(H,10,11). The number of carbonyl (C=O) groups is 4. The van der Waals surface area contributed by atoms with Gasteiger partial charge in [-0.1, -0.05) is 36.4 Å². The van der Waals surface area contributed by atoms with Gasteiger partial charge in [0.2, 0.25) is 15.5 Å². The molecule has 0 amide bonds. The molecule has 0 radical (unpaired) electrons. The van der Waals surface area contributed by atoms with E-state index in [0.717, 1.165) is 40.9 Å². The van der Waals surface area contributed by atoms with Crippen molar-refractivity contribution in [3.8, 4) is 23.0 Å². The summed E-state index contributed by atoms with van der Waals surface area (Å²) in [6.07, 6.45) is 1.66. The Balaban J connectivity index is 0.000000297. The Kier molecular flexibility index (Phi) is 20.7. The maximum atomic E-state index is 12.0. The molecule has 5 rings (SSSR count). The van der Waals surface area contributed by atoms with E-state index in [-0.39, 0.29) is 35.9 Å². The summed E-state index contributed by atoms with van der Waals surface area (Å²) in [6.45, 7) is 1.98. The molecule has 6 N–H and O–H groups in total. The number of benzene rings is 3. The third-order valence-corrected chi connectivity index (χ3v) is 8.89. The van der Waals surface area contributed by atoms with E-state index in [4.69, 9.17) is 34.6 Å². The molecule has 0 saturated carbocycles. The van der Waals surface area contributed by atoms with E-state index >= 15 is 0 Å². The minimum atomic E-state index is -4.88. The van der Waals surface area contributed by atoms with Crippen LogP contribution >= 0.6 is 0 Å². The van der Waals surface area contributed by atoms with Gasteiger partial charge in [-0.15, -0.1) is 13.2 Å². The number of ether oxygens (including phenoxy) is 4. The van der Waals surface area contributed by atoms with Crippen LogP contribution in [0, 0.1) is 6.92 Å². The molecule has 5 aromatic rings. The molecule has 0 aliphatic rings. The monoisotopic (exact) mass is 917 g/mol. The van der Waals surface area contributed by atoms with Crippen LogP contribution in [0.25, 0.3) is 23.1 Å². The number of aromatic nitrogens is 2. The van der Waals surface area contributed by atoms with E-state index < -0.39 is 57.0 Å². The average molecular weight is 918 g/mol. The molecular weight excluding hydrogens is 876 g/mol. The van der Waals surface area contributed by atoms with Crippen molar-refractivity contribution in [3.63, 3.8) is 0 Å². The van der Waals surface area contributed by atoms with Crippen LogP contribution in [-0.2, 0) is 19.6 Å². The fraction of sp³-hybridized carbons (Fsp3) is 0.190. The maximum absolute atomic E-state index is 12.0. The second-order valence-corrected chi connectivity index (χ2v) is 14.0. The van der Waals surface area contributed by atoms with Crippen LogP contribution in [0.2, 0.25) is 0 Å². The van der Waals surface area contributed by atoms with Gasteiger partial charge in [-0.25, -0.2) is 27.5 Å². The smallest absolute Gasteiger partial charge is 0.496 e. The van der Waals surface area contributed by atoms with Crippen LogP contribution in [-0.4, -0.2) is 96.9 Å². The number of aromatic amines is 1. The van der Waals surface area contributed by atoms with Crippen molar-refractivity contribution in [3.05, 3.63) is 135 Å². The van der Waals surface area contributed by atoms with E-state index in [1.807, 2.05) is 25.1 Å². The highest BCUT2D eigenvalue weighted by molar-refractivity contribution is 7.92. The topological polar surface area (TPSA) is 278 Å². The van der Waals surface area contributed by atoms with Crippen molar-refractivity contribution in [2.75, 3.05) is 27.9 Å². The highest BCUT2D eigenvalue weighted by Crippen LogP contribution is 2.29. The molecule has 18 nitrogen and oxygen atoms in total. The Labute approximate surface area is 362 Å². The fourth-order valence-corrected chi connectivity index (χ4v) is 5.68. The van der Waals surface area contributed by atoms with Crippen molar-refractivity contribution in [2.24, 2.45) is 0 Å². The van der Waals surface area contributed by atoms with Crippen LogP contribution in [0.3, 0.4) is 0 Å². The van der Waals surface area contributed by atoms with Gasteiger partial charge in [-0.2, -0.15) is 0 Å². The molecule has 0 aliphatic heterocycles. The molecule has 2 heterocycles. The Morgan fingerprint density at radius 2 is 1.52 bits per heavy atom. The Morgan fingerprint density at radius 3 is 2.08 bits per heavy atom. The van der Waals surface area contributed by atoms with Gasteiger partial charge >= 0.3 is 30.2 Å². The predicted octanol–water partition coefficient (Wildman–Crippen LogP) is 6.46. The van der Waals surface area contributed by atoms with Crippen LogP contribution in [0.15, 0.2) is 101 Å². The van der Waals surface area contributed by atoms with Crippen LogP contribution in [0.1, 0.15) is 50.4 Å². The van der Waals surface area contributed by atoms with Gasteiger partial charge in [0.25, 0.3) is 0 Å². The van der Waals surface area contributed by atoms with E-state index in [1.165, 1.54) is 51.8 Å². The highest BCUT2D eigenvalue weighted by Gasteiger charge is 2.31. The van der Waals surface area contributed by atoms with E-state index in [1.54, 1.807) is 30.3 Å². The fourth-order valence-electron chi connectivity index (χ4n) is 4.82. The minimum absolute atomic E-state index is 0.0507. The minimum Gasteiger partial charge on any atom is -0.496 e. The van der Waals surface area contributed by atoms with Gasteiger partial charge in [0, 0.05) is 48.4 Å². The quantitative estimate of drug-likeness (QED) is 0.0485. The summed E-state index contributed by atoms with van der Waals surface area (Å²) in [7, 11) is 0.993. The molecular formula is C42H42F3N3O15S. The lowest BCUT2D eigenvalue weighted by molar-refractivity contribution is -0.274. The van der Waals surface area contributed by atoms with Crippen molar-refractivity contribution in [1.82, 2.24) is 14.7 Å². The number of halogens is 3. The maximum Gasteiger partial charge on any atom is 0.573 e. The van der Waals surface area contributed by atoms with Crippen LogP contribution in [0.4, 0.5) is 13.2 Å². The van der Waals surface area contributed by atoms with Gasteiger partial charge < -0.3 is 44.4 Å². The predicted molar refractivity (Wildman–Crippen MR) is 226 cm³/mol. The number of nitrogens with one attached hydrogen (secondary N) is 2. The average Bonchev–Trinajstić information content (AvgIpc) is 3.24. The molecule has 22 heteroatoms. The third-order valence-electron chi connectivity index (χ3n) is 7.78. The molecule has 0 fully saturated rings. The van der Waals surface area contributed by atoms with Gasteiger partial charge in [0.15, 0.2) is 11.5 Å². The lowest BCUT2D eigenvalue weighted by Gasteiger charge is -2.09. The summed E-state index contributed by atoms with van der Waals surface area (Å²) in [6, 6.07) is 18.5. The number of aromatic carboxylic acids is 2. The molecule has 0 aliphatic carbocycles. The first-order valence-corrected chi connectivity index (χ1v) is 19.6. The second-order valence-electron chi connectivity index (χ2n) is 12.3. The van der Waals surface area contributed by atoms with Gasteiger partial charge in [0.05, 0.1) is 32.3 Å². The zero-order valence-corrected chi connectivity index (χ0v) is 35.1. The van der Waals surface area contributed by atoms with Gasteiger partial charge in [0.1, 0.15) is 22.8 Å². The summed E-state index contributed by atoms with van der Waals surface area (Å²) < 4.78 is 80.2. The van der Waals surface area contributed by atoms with E-state index in [2.05, 4.69) is 19.4 Å². The molecule has 0 spiro atoms. The molecule has 64 heavy (non-hydrogen) atoms. The molecule has 0 saturated heterocycles. The number of aryl methyl sites for hydroxylation is 1. The Bertz CT molecular complexity index is 2620. The SMILES string of the molecule is COc1cc(C(=O)O)ccc1C.COc1ccnc(C=CC(=O)O)c1OC.O=C(O)CCCNS(=O)(=O)C=Cc1ccccc1.O=C(O)c1c[nH]c2ccc(OC(F)(F)F)cc2c1=O. The van der Waals surface area contributed by atoms with Crippen LogP contribution in [0.5, 0.6) is 23.0 Å². The van der Waals surface area contributed by atoms with Crippen LogP contribution < -0.4 is 29.1 Å². The number of aliphatic carboxylic acids is 2. The molecule has 342 valence electrons. The number of alkyl halides is 3. The largest absolute Gasteiger partial charge is 0.573 e.